The molecular formula is C13H18FNO3. The molecule has 1 unspecified atom stereocenters. The Morgan fingerprint density at radius 1 is 1.56 bits per heavy atom. The minimum absolute atomic E-state index is 0.00529. The summed E-state index contributed by atoms with van der Waals surface area (Å²) in [5.41, 5.74) is 0.629. The van der Waals surface area contributed by atoms with Gasteiger partial charge in [0.15, 0.2) is 11.6 Å². The van der Waals surface area contributed by atoms with E-state index in [9.17, 15) is 9.18 Å². The lowest BCUT2D eigenvalue weighted by atomic mass is 10.2. The molecule has 0 amide bonds. The summed E-state index contributed by atoms with van der Waals surface area (Å²) in [7, 11) is 1.74. The minimum Gasteiger partial charge on any atom is -0.491 e. The molecule has 1 atom stereocenters. The maximum absolute atomic E-state index is 13.7. The van der Waals surface area contributed by atoms with Crippen LogP contribution in [-0.2, 0) is 4.79 Å². The second-order valence-corrected chi connectivity index (χ2v) is 4.11. The van der Waals surface area contributed by atoms with Gasteiger partial charge in [-0.25, -0.2) is 4.39 Å². The lowest BCUT2D eigenvalue weighted by Crippen LogP contribution is -2.30. The Labute approximate surface area is 106 Å². The van der Waals surface area contributed by atoms with Gasteiger partial charge in [-0.1, -0.05) is 0 Å². The van der Waals surface area contributed by atoms with Gasteiger partial charge >= 0.3 is 5.97 Å². The third-order valence-electron chi connectivity index (χ3n) is 2.75. The molecule has 1 aromatic rings. The van der Waals surface area contributed by atoms with Crippen molar-refractivity contribution in [3.63, 3.8) is 0 Å². The van der Waals surface area contributed by atoms with Crippen molar-refractivity contribution >= 4 is 11.7 Å². The second-order valence-electron chi connectivity index (χ2n) is 4.11. The Kier molecular flexibility index (Phi) is 4.95. The van der Waals surface area contributed by atoms with E-state index in [1.54, 1.807) is 37.9 Å². The van der Waals surface area contributed by atoms with Crippen molar-refractivity contribution in [3.8, 4) is 5.75 Å². The third kappa shape index (κ3) is 3.61. The fourth-order valence-corrected chi connectivity index (χ4v) is 1.63. The number of aliphatic carboxylic acids is 1. The van der Waals surface area contributed by atoms with E-state index in [1.165, 1.54) is 6.07 Å². The molecule has 0 aliphatic rings. The number of carbonyl (C=O) groups is 1. The predicted octanol–water partition coefficient (Wildman–Crippen LogP) is 2.52. The number of carboxylic acid groups (broad SMARTS) is 1. The number of ether oxygens (including phenoxy) is 1. The van der Waals surface area contributed by atoms with Gasteiger partial charge in [0.1, 0.15) is 0 Å². The summed E-state index contributed by atoms with van der Waals surface area (Å²) >= 11 is 0. The predicted molar refractivity (Wildman–Crippen MR) is 67.7 cm³/mol. The van der Waals surface area contributed by atoms with E-state index in [4.69, 9.17) is 9.84 Å². The molecule has 0 spiro atoms. The van der Waals surface area contributed by atoms with Crippen molar-refractivity contribution < 1.29 is 19.0 Å². The largest absolute Gasteiger partial charge is 0.491 e. The molecule has 0 radical (unpaired) electrons. The second kappa shape index (κ2) is 6.23. The molecule has 0 bridgehead atoms. The SMILES string of the molecule is CCOc1ccc(N(C)C(C)CC(=O)O)cc1F. The number of hydrogen-bond donors (Lipinski definition) is 1. The van der Waals surface area contributed by atoms with Crippen molar-refractivity contribution in [2.75, 3.05) is 18.6 Å². The Morgan fingerprint density at radius 2 is 2.22 bits per heavy atom. The summed E-state index contributed by atoms with van der Waals surface area (Å²) in [6.07, 6.45) is 0.00529. The molecule has 0 aliphatic carbocycles. The van der Waals surface area contributed by atoms with Crippen LogP contribution in [0.2, 0.25) is 0 Å². The van der Waals surface area contributed by atoms with Crippen LogP contribution < -0.4 is 9.64 Å². The molecule has 1 N–H and O–H groups in total. The zero-order valence-electron chi connectivity index (χ0n) is 10.8. The zero-order chi connectivity index (χ0) is 13.7. The van der Waals surface area contributed by atoms with Gasteiger partial charge in [-0.15, -0.1) is 0 Å². The number of nitrogens with zero attached hydrogens (tertiary/aromatic N) is 1. The van der Waals surface area contributed by atoms with Crippen LogP contribution in [-0.4, -0.2) is 30.8 Å². The number of benzene rings is 1. The molecule has 0 aromatic heterocycles. The van der Waals surface area contributed by atoms with E-state index < -0.39 is 11.8 Å². The Morgan fingerprint density at radius 3 is 2.72 bits per heavy atom. The van der Waals surface area contributed by atoms with Crippen LogP contribution in [0.15, 0.2) is 18.2 Å². The van der Waals surface area contributed by atoms with Gasteiger partial charge in [0.05, 0.1) is 13.0 Å². The third-order valence-corrected chi connectivity index (χ3v) is 2.75. The highest BCUT2D eigenvalue weighted by molar-refractivity contribution is 5.68. The van der Waals surface area contributed by atoms with Crippen LogP contribution in [0.25, 0.3) is 0 Å². The van der Waals surface area contributed by atoms with Gasteiger partial charge in [-0.05, 0) is 26.0 Å². The average molecular weight is 255 g/mol. The van der Waals surface area contributed by atoms with Crippen LogP contribution in [0, 0.1) is 5.82 Å². The van der Waals surface area contributed by atoms with E-state index in [1.807, 2.05) is 0 Å². The number of carboxylic acids is 1. The number of anilines is 1. The Bertz CT molecular complexity index is 423. The van der Waals surface area contributed by atoms with Gasteiger partial charge in [-0.2, -0.15) is 0 Å². The van der Waals surface area contributed by atoms with E-state index in [-0.39, 0.29) is 18.2 Å². The molecule has 4 nitrogen and oxygen atoms in total. The normalized spacial score (nSPS) is 12.0. The monoisotopic (exact) mass is 255 g/mol. The van der Waals surface area contributed by atoms with Crippen LogP contribution in [0.3, 0.4) is 0 Å². The standard InChI is InChI=1S/C13H18FNO3/c1-4-18-12-6-5-10(8-11(12)14)15(3)9(2)7-13(16)17/h5-6,8-9H,4,7H2,1-3H3,(H,16,17). The number of rotatable bonds is 6. The first-order valence-corrected chi connectivity index (χ1v) is 5.82. The fraction of sp³-hybridized carbons (Fsp3) is 0.462. The van der Waals surface area contributed by atoms with Crippen LogP contribution >= 0.6 is 0 Å². The van der Waals surface area contributed by atoms with E-state index >= 15 is 0 Å². The lowest BCUT2D eigenvalue weighted by molar-refractivity contribution is -0.137. The number of halogens is 1. The summed E-state index contributed by atoms with van der Waals surface area (Å²) in [6, 6.07) is 4.41. The van der Waals surface area contributed by atoms with Crippen molar-refractivity contribution in [1.29, 1.82) is 0 Å². The quantitative estimate of drug-likeness (QED) is 0.848. The first-order chi connectivity index (χ1) is 8.45. The van der Waals surface area contributed by atoms with Crippen LogP contribution in [0.5, 0.6) is 5.75 Å². The van der Waals surface area contributed by atoms with Gasteiger partial charge in [0, 0.05) is 24.8 Å². The maximum atomic E-state index is 13.7. The summed E-state index contributed by atoms with van der Waals surface area (Å²) in [5.74, 6) is -1.11. The van der Waals surface area contributed by atoms with E-state index in [0.717, 1.165) is 0 Å². The van der Waals surface area contributed by atoms with Gasteiger partial charge in [0.25, 0.3) is 0 Å². The highest BCUT2D eigenvalue weighted by Crippen LogP contribution is 2.24. The summed E-state index contributed by atoms with van der Waals surface area (Å²) in [6.45, 7) is 3.97. The van der Waals surface area contributed by atoms with Crippen molar-refractivity contribution in [1.82, 2.24) is 0 Å². The van der Waals surface area contributed by atoms with Gasteiger partial charge in [-0.3, -0.25) is 4.79 Å². The molecule has 0 saturated heterocycles. The Balaban J connectivity index is 2.83. The average Bonchev–Trinajstić information content (AvgIpc) is 2.30. The van der Waals surface area contributed by atoms with Crippen molar-refractivity contribution in [2.45, 2.75) is 26.3 Å². The fourth-order valence-electron chi connectivity index (χ4n) is 1.63. The molecule has 0 saturated carbocycles. The van der Waals surface area contributed by atoms with Crippen LogP contribution in [0.4, 0.5) is 10.1 Å². The van der Waals surface area contributed by atoms with Gasteiger partial charge < -0.3 is 14.7 Å². The van der Waals surface area contributed by atoms with Crippen molar-refractivity contribution in [2.24, 2.45) is 0 Å². The first-order valence-electron chi connectivity index (χ1n) is 5.82. The Hall–Kier alpha value is -1.78. The number of hydrogen-bond acceptors (Lipinski definition) is 3. The molecule has 0 fully saturated rings. The molecule has 18 heavy (non-hydrogen) atoms. The molecular weight excluding hydrogens is 237 g/mol. The van der Waals surface area contributed by atoms with Crippen molar-refractivity contribution in [3.05, 3.63) is 24.0 Å². The maximum Gasteiger partial charge on any atom is 0.305 e. The van der Waals surface area contributed by atoms with Crippen LogP contribution in [0.1, 0.15) is 20.3 Å². The molecule has 0 heterocycles. The summed E-state index contributed by atoms with van der Waals surface area (Å²) in [5, 5.41) is 8.73. The molecule has 5 heteroatoms. The summed E-state index contributed by atoms with van der Waals surface area (Å²) in [4.78, 5) is 12.4. The minimum atomic E-state index is -0.874. The molecule has 1 rings (SSSR count). The highest BCUT2D eigenvalue weighted by Gasteiger charge is 2.15. The lowest BCUT2D eigenvalue weighted by Gasteiger charge is -2.26. The first kappa shape index (κ1) is 14.3. The highest BCUT2D eigenvalue weighted by atomic mass is 19.1. The van der Waals surface area contributed by atoms with E-state index in [2.05, 4.69) is 0 Å². The topological polar surface area (TPSA) is 49.8 Å². The zero-order valence-corrected chi connectivity index (χ0v) is 10.8. The summed E-state index contributed by atoms with van der Waals surface area (Å²) < 4.78 is 18.8. The molecule has 0 aliphatic heterocycles. The smallest absolute Gasteiger partial charge is 0.305 e. The molecule has 1 aromatic carbocycles. The van der Waals surface area contributed by atoms with Gasteiger partial charge in [0.2, 0.25) is 0 Å². The van der Waals surface area contributed by atoms with E-state index in [0.29, 0.717) is 12.3 Å². The molecule has 100 valence electrons.